The van der Waals surface area contributed by atoms with Crippen LogP contribution in [0.2, 0.25) is 0 Å². The van der Waals surface area contributed by atoms with E-state index in [0.717, 1.165) is 27.1 Å². The summed E-state index contributed by atoms with van der Waals surface area (Å²) in [6, 6.07) is 0. The average Bonchev–Trinajstić information content (AvgIpc) is 2.74. The fourth-order valence-electron chi connectivity index (χ4n) is 2.13. The standard InChI is InChI=1S/C11H19N3S2/c1-8-4-3-5-9(6-8)15-7-10-13-14-11(12-2)16-10/h8-9H,3-7H2,1-2H3,(H,12,14). The van der Waals surface area contributed by atoms with Gasteiger partial charge in [-0.15, -0.1) is 10.2 Å². The van der Waals surface area contributed by atoms with Crippen molar-refractivity contribution in [2.24, 2.45) is 5.92 Å². The zero-order chi connectivity index (χ0) is 11.4. The van der Waals surface area contributed by atoms with Gasteiger partial charge < -0.3 is 5.32 Å². The van der Waals surface area contributed by atoms with E-state index in [0.29, 0.717) is 0 Å². The van der Waals surface area contributed by atoms with Gasteiger partial charge in [-0.3, -0.25) is 0 Å². The summed E-state index contributed by atoms with van der Waals surface area (Å²) in [6.07, 6.45) is 5.57. The van der Waals surface area contributed by atoms with Gasteiger partial charge in [0.15, 0.2) is 0 Å². The van der Waals surface area contributed by atoms with Crippen molar-refractivity contribution in [2.45, 2.75) is 43.6 Å². The molecule has 5 heteroatoms. The maximum atomic E-state index is 4.18. The van der Waals surface area contributed by atoms with E-state index in [4.69, 9.17) is 0 Å². The summed E-state index contributed by atoms with van der Waals surface area (Å²) in [4.78, 5) is 0. The summed E-state index contributed by atoms with van der Waals surface area (Å²) in [5.74, 6) is 1.94. The molecule has 1 fully saturated rings. The molecule has 16 heavy (non-hydrogen) atoms. The highest BCUT2D eigenvalue weighted by atomic mass is 32.2. The molecule has 0 bridgehead atoms. The largest absolute Gasteiger partial charge is 0.363 e. The molecule has 2 atom stereocenters. The van der Waals surface area contributed by atoms with Crippen molar-refractivity contribution >= 4 is 28.2 Å². The Bertz CT molecular complexity index is 327. The van der Waals surface area contributed by atoms with Crippen molar-refractivity contribution < 1.29 is 0 Å². The van der Waals surface area contributed by atoms with Crippen molar-refractivity contribution in [3.05, 3.63) is 5.01 Å². The van der Waals surface area contributed by atoms with Crippen LogP contribution < -0.4 is 5.32 Å². The molecule has 0 aliphatic heterocycles. The van der Waals surface area contributed by atoms with Crippen LogP contribution in [0.15, 0.2) is 0 Å². The third-order valence-electron chi connectivity index (χ3n) is 3.01. The van der Waals surface area contributed by atoms with Crippen molar-refractivity contribution in [3.63, 3.8) is 0 Å². The molecule has 0 saturated heterocycles. The van der Waals surface area contributed by atoms with Gasteiger partial charge in [0, 0.05) is 18.1 Å². The molecule has 90 valence electrons. The van der Waals surface area contributed by atoms with Crippen molar-refractivity contribution in [1.29, 1.82) is 0 Å². The summed E-state index contributed by atoms with van der Waals surface area (Å²) in [5, 5.41) is 14.2. The Morgan fingerprint density at radius 2 is 2.31 bits per heavy atom. The van der Waals surface area contributed by atoms with E-state index in [9.17, 15) is 0 Å². The summed E-state index contributed by atoms with van der Waals surface area (Å²) >= 11 is 3.73. The molecule has 1 aliphatic carbocycles. The molecule has 2 unspecified atom stereocenters. The van der Waals surface area contributed by atoms with Crippen LogP contribution in [0.5, 0.6) is 0 Å². The first-order valence-corrected chi connectivity index (χ1v) is 7.76. The lowest BCUT2D eigenvalue weighted by Gasteiger charge is -2.25. The van der Waals surface area contributed by atoms with Gasteiger partial charge in [0.05, 0.1) is 0 Å². The zero-order valence-electron chi connectivity index (χ0n) is 9.90. The van der Waals surface area contributed by atoms with Gasteiger partial charge in [-0.05, 0) is 18.8 Å². The van der Waals surface area contributed by atoms with Crippen LogP contribution >= 0.6 is 23.1 Å². The number of thioether (sulfide) groups is 1. The maximum Gasteiger partial charge on any atom is 0.205 e. The second kappa shape index (κ2) is 5.87. The zero-order valence-corrected chi connectivity index (χ0v) is 11.5. The first-order chi connectivity index (χ1) is 7.78. The van der Waals surface area contributed by atoms with Crippen LogP contribution in [-0.2, 0) is 5.75 Å². The van der Waals surface area contributed by atoms with E-state index in [1.165, 1.54) is 25.7 Å². The van der Waals surface area contributed by atoms with Crippen LogP contribution in [0, 0.1) is 5.92 Å². The van der Waals surface area contributed by atoms with Gasteiger partial charge in [0.25, 0.3) is 0 Å². The monoisotopic (exact) mass is 257 g/mol. The second-order valence-electron chi connectivity index (χ2n) is 4.46. The predicted octanol–water partition coefficient (Wildman–Crippen LogP) is 3.39. The highest BCUT2D eigenvalue weighted by Crippen LogP contribution is 2.34. The number of hydrogen-bond donors (Lipinski definition) is 1. The molecular formula is C11H19N3S2. The third kappa shape index (κ3) is 3.35. The Kier molecular flexibility index (Phi) is 4.46. The number of anilines is 1. The fraction of sp³-hybridized carbons (Fsp3) is 0.818. The van der Waals surface area contributed by atoms with Crippen LogP contribution in [0.25, 0.3) is 0 Å². The Morgan fingerprint density at radius 1 is 1.44 bits per heavy atom. The molecule has 1 N–H and O–H groups in total. The molecular weight excluding hydrogens is 238 g/mol. The summed E-state index contributed by atoms with van der Waals surface area (Å²) in [7, 11) is 1.89. The topological polar surface area (TPSA) is 37.8 Å². The smallest absolute Gasteiger partial charge is 0.205 e. The molecule has 1 aromatic heterocycles. The van der Waals surface area contributed by atoms with E-state index in [2.05, 4.69) is 34.2 Å². The van der Waals surface area contributed by atoms with Gasteiger partial charge in [-0.1, -0.05) is 31.1 Å². The van der Waals surface area contributed by atoms with Gasteiger partial charge in [0.2, 0.25) is 5.13 Å². The molecule has 1 aromatic rings. The molecule has 0 spiro atoms. The summed E-state index contributed by atoms with van der Waals surface area (Å²) < 4.78 is 0. The average molecular weight is 257 g/mol. The van der Waals surface area contributed by atoms with Gasteiger partial charge in [-0.25, -0.2) is 0 Å². The minimum absolute atomic E-state index is 0.839. The molecule has 0 radical (unpaired) electrons. The Morgan fingerprint density at radius 3 is 3.00 bits per heavy atom. The Hall–Kier alpha value is -0.290. The van der Waals surface area contributed by atoms with Crippen molar-refractivity contribution in [2.75, 3.05) is 12.4 Å². The van der Waals surface area contributed by atoms with Crippen LogP contribution in [0.3, 0.4) is 0 Å². The van der Waals surface area contributed by atoms with E-state index in [1.54, 1.807) is 11.3 Å². The lowest BCUT2D eigenvalue weighted by molar-refractivity contribution is 0.394. The lowest BCUT2D eigenvalue weighted by Crippen LogP contribution is -2.15. The van der Waals surface area contributed by atoms with E-state index in [-0.39, 0.29) is 0 Å². The number of aromatic nitrogens is 2. The molecule has 0 amide bonds. The molecule has 1 saturated carbocycles. The molecule has 3 nitrogen and oxygen atoms in total. The molecule has 0 aromatic carbocycles. The second-order valence-corrected chi connectivity index (χ2v) is 6.81. The number of nitrogens with zero attached hydrogens (tertiary/aromatic N) is 2. The van der Waals surface area contributed by atoms with Crippen LogP contribution in [-0.4, -0.2) is 22.5 Å². The molecule has 2 rings (SSSR count). The highest BCUT2D eigenvalue weighted by Gasteiger charge is 2.19. The number of rotatable bonds is 4. The van der Waals surface area contributed by atoms with E-state index in [1.807, 2.05) is 7.05 Å². The van der Waals surface area contributed by atoms with Gasteiger partial charge in [0.1, 0.15) is 5.01 Å². The minimum Gasteiger partial charge on any atom is -0.363 e. The van der Waals surface area contributed by atoms with Gasteiger partial charge >= 0.3 is 0 Å². The quantitative estimate of drug-likeness (QED) is 0.897. The third-order valence-corrected chi connectivity index (χ3v) is 5.47. The summed E-state index contributed by atoms with van der Waals surface area (Å²) in [6.45, 7) is 2.37. The van der Waals surface area contributed by atoms with Crippen molar-refractivity contribution in [3.8, 4) is 0 Å². The lowest BCUT2D eigenvalue weighted by atomic mass is 9.91. The minimum atomic E-state index is 0.839. The molecule has 1 aliphatic rings. The van der Waals surface area contributed by atoms with Crippen molar-refractivity contribution in [1.82, 2.24) is 10.2 Å². The first kappa shape index (κ1) is 12.2. The Labute approximate surface area is 105 Å². The van der Waals surface area contributed by atoms with Gasteiger partial charge in [-0.2, -0.15) is 11.8 Å². The first-order valence-electron chi connectivity index (χ1n) is 5.89. The van der Waals surface area contributed by atoms with Crippen LogP contribution in [0.1, 0.15) is 37.6 Å². The molecule has 1 heterocycles. The van der Waals surface area contributed by atoms with E-state index < -0.39 is 0 Å². The number of nitrogens with one attached hydrogen (secondary N) is 1. The Balaban J connectivity index is 1.78. The highest BCUT2D eigenvalue weighted by molar-refractivity contribution is 7.99. The number of hydrogen-bond acceptors (Lipinski definition) is 5. The van der Waals surface area contributed by atoms with E-state index >= 15 is 0 Å². The SMILES string of the molecule is CNc1nnc(CSC2CCCC(C)C2)s1. The normalized spacial score (nSPS) is 25.6. The maximum absolute atomic E-state index is 4.18. The summed E-state index contributed by atoms with van der Waals surface area (Å²) in [5.41, 5.74) is 0. The van der Waals surface area contributed by atoms with Crippen LogP contribution in [0.4, 0.5) is 5.13 Å². The fourth-order valence-corrected chi connectivity index (χ4v) is 4.29. The predicted molar refractivity (Wildman–Crippen MR) is 72.2 cm³/mol.